The SMILES string of the molecule is CCO[SiH](C)OCCCCCN. The molecule has 1 atom stereocenters. The van der Waals surface area contributed by atoms with Crippen molar-refractivity contribution in [3.05, 3.63) is 0 Å². The van der Waals surface area contributed by atoms with Gasteiger partial charge in [-0.15, -0.1) is 0 Å². The van der Waals surface area contributed by atoms with Gasteiger partial charge in [0, 0.05) is 13.2 Å². The van der Waals surface area contributed by atoms with Crippen LogP contribution in [0.5, 0.6) is 0 Å². The molecule has 0 spiro atoms. The van der Waals surface area contributed by atoms with Gasteiger partial charge in [0.2, 0.25) is 0 Å². The summed E-state index contributed by atoms with van der Waals surface area (Å²) in [5, 5.41) is 0. The van der Waals surface area contributed by atoms with Crippen LogP contribution in [0.1, 0.15) is 26.2 Å². The van der Waals surface area contributed by atoms with Crippen molar-refractivity contribution >= 4 is 9.28 Å². The molecule has 0 fully saturated rings. The lowest BCUT2D eigenvalue weighted by molar-refractivity contribution is 0.206. The van der Waals surface area contributed by atoms with E-state index in [1.165, 1.54) is 6.42 Å². The first-order valence-corrected chi connectivity index (χ1v) is 6.84. The average molecular weight is 191 g/mol. The summed E-state index contributed by atoms with van der Waals surface area (Å²) in [6.45, 7) is 6.47. The van der Waals surface area contributed by atoms with E-state index in [1.54, 1.807) is 0 Å². The monoisotopic (exact) mass is 191 g/mol. The molecule has 0 radical (unpaired) electrons. The van der Waals surface area contributed by atoms with Gasteiger partial charge in [0.25, 0.3) is 0 Å². The molecule has 0 aliphatic heterocycles. The molecule has 2 N–H and O–H groups in total. The van der Waals surface area contributed by atoms with Gasteiger partial charge >= 0.3 is 9.28 Å². The van der Waals surface area contributed by atoms with Gasteiger partial charge in [0.1, 0.15) is 0 Å². The Morgan fingerprint density at radius 3 is 2.50 bits per heavy atom. The molecule has 74 valence electrons. The summed E-state index contributed by atoms with van der Waals surface area (Å²) in [4.78, 5) is 0. The Balaban J connectivity index is 2.97. The van der Waals surface area contributed by atoms with Crippen molar-refractivity contribution in [3.63, 3.8) is 0 Å². The molecule has 0 aromatic carbocycles. The summed E-state index contributed by atoms with van der Waals surface area (Å²) >= 11 is 0. The second-order valence-electron chi connectivity index (χ2n) is 2.74. The van der Waals surface area contributed by atoms with Crippen molar-refractivity contribution in [3.8, 4) is 0 Å². The molecule has 0 aliphatic rings. The Bertz CT molecular complexity index is 93.1. The lowest BCUT2D eigenvalue weighted by atomic mass is 10.2. The van der Waals surface area contributed by atoms with E-state index in [4.69, 9.17) is 14.6 Å². The van der Waals surface area contributed by atoms with Gasteiger partial charge in [-0.2, -0.15) is 0 Å². The van der Waals surface area contributed by atoms with Crippen LogP contribution < -0.4 is 5.73 Å². The van der Waals surface area contributed by atoms with Crippen molar-refractivity contribution in [2.75, 3.05) is 19.8 Å². The van der Waals surface area contributed by atoms with Crippen LogP contribution in [0.2, 0.25) is 6.55 Å². The zero-order valence-electron chi connectivity index (χ0n) is 8.21. The molecule has 0 saturated carbocycles. The normalized spacial score (nSPS) is 13.2. The van der Waals surface area contributed by atoms with Crippen LogP contribution in [-0.4, -0.2) is 29.0 Å². The fourth-order valence-corrected chi connectivity index (χ4v) is 2.02. The van der Waals surface area contributed by atoms with Crippen LogP contribution in [0, 0.1) is 0 Å². The molecule has 1 unspecified atom stereocenters. The molecular weight excluding hydrogens is 170 g/mol. The van der Waals surface area contributed by atoms with Crippen molar-refractivity contribution in [1.29, 1.82) is 0 Å². The molecule has 0 heterocycles. The molecule has 0 aliphatic carbocycles. The molecule has 4 heteroatoms. The summed E-state index contributed by atoms with van der Waals surface area (Å²) in [6.07, 6.45) is 3.39. The lowest BCUT2D eigenvalue weighted by Crippen LogP contribution is -2.19. The molecule has 0 aromatic heterocycles. The van der Waals surface area contributed by atoms with Crippen LogP contribution in [0.4, 0.5) is 0 Å². The van der Waals surface area contributed by atoms with Gasteiger partial charge in [-0.1, -0.05) is 0 Å². The van der Waals surface area contributed by atoms with Gasteiger partial charge in [0.05, 0.1) is 0 Å². The van der Waals surface area contributed by atoms with Crippen LogP contribution in [0.3, 0.4) is 0 Å². The van der Waals surface area contributed by atoms with Crippen molar-refractivity contribution in [2.24, 2.45) is 5.73 Å². The van der Waals surface area contributed by atoms with Crippen LogP contribution >= 0.6 is 0 Å². The number of hydrogen-bond acceptors (Lipinski definition) is 3. The second kappa shape index (κ2) is 9.19. The molecule has 0 saturated heterocycles. The Hall–Kier alpha value is 0.0969. The summed E-state index contributed by atoms with van der Waals surface area (Å²) in [7, 11) is -1.28. The van der Waals surface area contributed by atoms with E-state index < -0.39 is 9.28 Å². The van der Waals surface area contributed by atoms with Gasteiger partial charge in [-0.05, 0) is 39.3 Å². The number of nitrogens with two attached hydrogens (primary N) is 1. The van der Waals surface area contributed by atoms with Crippen molar-refractivity contribution in [1.82, 2.24) is 0 Å². The fraction of sp³-hybridized carbons (Fsp3) is 1.00. The van der Waals surface area contributed by atoms with E-state index in [1.807, 2.05) is 6.92 Å². The number of unbranched alkanes of at least 4 members (excludes halogenated alkanes) is 2. The number of hydrogen-bond donors (Lipinski definition) is 1. The predicted molar refractivity (Wildman–Crippen MR) is 53.5 cm³/mol. The third-order valence-corrected chi connectivity index (χ3v) is 3.11. The maximum Gasteiger partial charge on any atom is 0.318 e. The number of rotatable bonds is 8. The quantitative estimate of drug-likeness (QED) is 0.460. The molecule has 12 heavy (non-hydrogen) atoms. The van der Waals surface area contributed by atoms with Crippen LogP contribution in [0.25, 0.3) is 0 Å². The van der Waals surface area contributed by atoms with E-state index in [-0.39, 0.29) is 0 Å². The second-order valence-corrected chi connectivity index (χ2v) is 4.55. The summed E-state index contributed by atoms with van der Waals surface area (Å²) in [6, 6.07) is 0. The van der Waals surface area contributed by atoms with Crippen molar-refractivity contribution < 1.29 is 8.85 Å². The maximum atomic E-state index is 5.50. The average Bonchev–Trinajstić information content (AvgIpc) is 2.05. The van der Waals surface area contributed by atoms with E-state index in [2.05, 4.69) is 6.55 Å². The molecule has 0 amide bonds. The summed E-state index contributed by atoms with van der Waals surface area (Å²) < 4.78 is 10.8. The van der Waals surface area contributed by atoms with Gasteiger partial charge in [0.15, 0.2) is 0 Å². The Labute approximate surface area is 77.1 Å². The van der Waals surface area contributed by atoms with Crippen LogP contribution in [0.15, 0.2) is 0 Å². The first-order valence-electron chi connectivity index (χ1n) is 4.74. The predicted octanol–water partition coefficient (Wildman–Crippen LogP) is 1.02. The zero-order chi connectivity index (χ0) is 9.23. The maximum absolute atomic E-state index is 5.50. The summed E-state index contributed by atoms with van der Waals surface area (Å²) in [5.74, 6) is 0. The van der Waals surface area contributed by atoms with Gasteiger partial charge in [-0.25, -0.2) is 0 Å². The fourth-order valence-electron chi connectivity index (χ4n) is 0.955. The topological polar surface area (TPSA) is 44.5 Å². The first-order chi connectivity index (χ1) is 5.81. The highest BCUT2D eigenvalue weighted by Crippen LogP contribution is 1.96. The minimum absolute atomic E-state index is 0.774. The highest BCUT2D eigenvalue weighted by atomic mass is 28.3. The summed E-state index contributed by atoms with van der Waals surface area (Å²) in [5.41, 5.74) is 5.36. The Morgan fingerprint density at radius 2 is 1.92 bits per heavy atom. The zero-order valence-corrected chi connectivity index (χ0v) is 9.37. The lowest BCUT2D eigenvalue weighted by Gasteiger charge is -2.10. The van der Waals surface area contributed by atoms with Crippen molar-refractivity contribution in [2.45, 2.75) is 32.7 Å². The largest absolute Gasteiger partial charge is 0.397 e. The Kier molecular flexibility index (Phi) is 9.26. The van der Waals surface area contributed by atoms with Gasteiger partial charge in [-0.3, -0.25) is 0 Å². The third-order valence-electron chi connectivity index (χ3n) is 1.60. The molecule has 0 rings (SSSR count). The molecular formula is C8H21NO2Si. The minimum Gasteiger partial charge on any atom is -0.397 e. The van der Waals surface area contributed by atoms with Gasteiger partial charge < -0.3 is 14.6 Å². The smallest absolute Gasteiger partial charge is 0.318 e. The van der Waals surface area contributed by atoms with E-state index in [9.17, 15) is 0 Å². The Morgan fingerprint density at radius 1 is 1.17 bits per heavy atom. The molecule has 0 aromatic rings. The molecule has 0 bridgehead atoms. The first kappa shape index (κ1) is 12.1. The highest BCUT2D eigenvalue weighted by Gasteiger charge is 2.02. The van der Waals surface area contributed by atoms with E-state index >= 15 is 0 Å². The minimum atomic E-state index is -1.28. The third kappa shape index (κ3) is 8.20. The molecule has 3 nitrogen and oxygen atoms in total. The van der Waals surface area contributed by atoms with Crippen LogP contribution in [-0.2, 0) is 8.85 Å². The van der Waals surface area contributed by atoms with E-state index in [0.717, 1.165) is 32.6 Å². The highest BCUT2D eigenvalue weighted by molar-refractivity contribution is 6.42. The van der Waals surface area contributed by atoms with E-state index in [0.29, 0.717) is 0 Å². The standard InChI is InChI=1S/C8H21NO2Si/c1-3-10-12(2)11-8-6-4-5-7-9/h12H,3-9H2,1-2H3.